The fourth-order valence-electron chi connectivity index (χ4n) is 2.46. The first kappa shape index (κ1) is 15.7. The second-order valence-corrected chi connectivity index (χ2v) is 6.37. The van der Waals surface area contributed by atoms with Gasteiger partial charge in [0.05, 0.1) is 7.11 Å². The molecule has 0 aliphatic carbocycles. The standard InChI is InChI=1S/C16H17NO5S/c1-20-13-4-2-3-11(12-9-14(16(18)19)22-17-12)15(13)21-10-5-7-23-8-6-10/h2-4,9-10H,5-8H2,1H3,(H,18,19). The number of hydrogen-bond donors (Lipinski definition) is 1. The molecule has 0 spiro atoms. The maximum atomic E-state index is 11.0. The maximum absolute atomic E-state index is 11.0. The summed E-state index contributed by atoms with van der Waals surface area (Å²) < 4.78 is 16.4. The molecule has 0 unspecified atom stereocenters. The van der Waals surface area contributed by atoms with Crippen LogP contribution in [0.4, 0.5) is 0 Å². The van der Waals surface area contributed by atoms with Gasteiger partial charge in [-0.3, -0.25) is 0 Å². The Morgan fingerprint density at radius 3 is 2.83 bits per heavy atom. The number of para-hydroxylation sites is 1. The van der Waals surface area contributed by atoms with E-state index in [-0.39, 0.29) is 11.9 Å². The number of rotatable bonds is 5. The number of carboxylic acid groups (broad SMARTS) is 1. The molecule has 0 atom stereocenters. The summed E-state index contributed by atoms with van der Waals surface area (Å²) in [4.78, 5) is 11.0. The van der Waals surface area contributed by atoms with Crippen molar-refractivity contribution in [3.05, 3.63) is 30.0 Å². The zero-order chi connectivity index (χ0) is 16.2. The summed E-state index contributed by atoms with van der Waals surface area (Å²) in [5, 5.41) is 12.8. The molecule has 7 heteroatoms. The third-order valence-electron chi connectivity index (χ3n) is 3.65. The second-order valence-electron chi connectivity index (χ2n) is 5.15. The Labute approximate surface area is 137 Å². The number of carboxylic acids is 1. The average Bonchev–Trinajstić information content (AvgIpc) is 3.06. The van der Waals surface area contributed by atoms with Crippen LogP contribution in [0.1, 0.15) is 23.4 Å². The minimum Gasteiger partial charge on any atom is -0.493 e. The SMILES string of the molecule is COc1cccc(-c2cc(C(=O)O)on2)c1OC1CCSCC1. The predicted molar refractivity (Wildman–Crippen MR) is 86.4 cm³/mol. The molecule has 3 rings (SSSR count). The van der Waals surface area contributed by atoms with Gasteiger partial charge in [0.1, 0.15) is 11.8 Å². The molecule has 0 bridgehead atoms. The Hall–Kier alpha value is -2.15. The molecule has 2 heterocycles. The number of ether oxygens (including phenoxy) is 2. The van der Waals surface area contributed by atoms with E-state index in [0.29, 0.717) is 22.8 Å². The van der Waals surface area contributed by atoms with Gasteiger partial charge >= 0.3 is 5.97 Å². The Balaban J connectivity index is 1.96. The summed E-state index contributed by atoms with van der Waals surface area (Å²) in [6, 6.07) is 6.83. The molecule has 0 radical (unpaired) electrons. The molecule has 1 N–H and O–H groups in total. The smallest absolute Gasteiger partial charge is 0.374 e. The van der Waals surface area contributed by atoms with Crippen molar-refractivity contribution in [3.63, 3.8) is 0 Å². The van der Waals surface area contributed by atoms with Gasteiger partial charge in [-0.15, -0.1) is 0 Å². The van der Waals surface area contributed by atoms with E-state index in [4.69, 9.17) is 19.1 Å². The molecule has 23 heavy (non-hydrogen) atoms. The van der Waals surface area contributed by atoms with Crippen LogP contribution < -0.4 is 9.47 Å². The molecule has 1 aliphatic rings. The van der Waals surface area contributed by atoms with Gasteiger partial charge in [-0.05, 0) is 36.5 Å². The Morgan fingerprint density at radius 2 is 2.17 bits per heavy atom. The lowest BCUT2D eigenvalue weighted by Crippen LogP contribution is -2.22. The Kier molecular flexibility index (Phi) is 4.76. The summed E-state index contributed by atoms with van der Waals surface area (Å²) >= 11 is 1.92. The van der Waals surface area contributed by atoms with E-state index in [1.807, 2.05) is 30.0 Å². The molecule has 1 aliphatic heterocycles. The van der Waals surface area contributed by atoms with Gasteiger partial charge in [-0.1, -0.05) is 11.2 Å². The van der Waals surface area contributed by atoms with E-state index in [9.17, 15) is 4.79 Å². The van der Waals surface area contributed by atoms with Crippen LogP contribution in [0.2, 0.25) is 0 Å². The molecule has 1 aromatic carbocycles. The van der Waals surface area contributed by atoms with Gasteiger partial charge in [-0.25, -0.2) is 4.79 Å². The quantitative estimate of drug-likeness (QED) is 0.897. The van der Waals surface area contributed by atoms with E-state index < -0.39 is 5.97 Å². The molecule has 1 aromatic heterocycles. The van der Waals surface area contributed by atoms with E-state index in [1.165, 1.54) is 6.07 Å². The maximum Gasteiger partial charge on any atom is 0.374 e. The van der Waals surface area contributed by atoms with Crippen LogP contribution in [0.5, 0.6) is 11.5 Å². The topological polar surface area (TPSA) is 81.8 Å². The highest BCUT2D eigenvalue weighted by atomic mass is 32.2. The molecular formula is C16H17NO5S. The Bertz CT molecular complexity index is 694. The van der Waals surface area contributed by atoms with Crippen LogP contribution in [0.15, 0.2) is 28.8 Å². The highest BCUT2D eigenvalue weighted by Gasteiger charge is 2.22. The number of aromatic nitrogens is 1. The summed E-state index contributed by atoms with van der Waals surface area (Å²) in [5.41, 5.74) is 1.08. The summed E-state index contributed by atoms with van der Waals surface area (Å²) in [5.74, 6) is 1.96. The van der Waals surface area contributed by atoms with Crippen LogP contribution >= 0.6 is 11.8 Å². The monoisotopic (exact) mass is 335 g/mol. The number of methoxy groups -OCH3 is 1. The number of benzene rings is 1. The normalized spacial score (nSPS) is 15.3. The third kappa shape index (κ3) is 3.44. The van der Waals surface area contributed by atoms with Crippen molar-refractivity contribution in [2.75, 3.05) is 18.6 Å². The zero-order valence-electron chi connectivity index (χ0n) is 12.7. The van der Waals surface area contributed by atoms with Crippen molar-refractivity contribution in [3.8, 4) is 22.8 Å². The van der Waals surface area contributed by atoms with Gasteiger partial charge in [0.15, 0.2) is 11.5 Å². The molecule has 1 fully saturated rings. The van der Waals surface area contributed by atoms with E-state index in [2.05, 4.69) is 5.16 Å². The number of thioether (sulfide) groups is 1. The van der Waals surface area contributed by atoms with Crippen LogP contribution in [0.25, 0.3) is 11.3 Å². The molecular weight excluding hydrogens is 318 g/mol. The summed E-state index contributed by atoms with van der Waals surface area (Å²) in [6.45, 7) is 0. The highest BCUT2D eigenvalue weighted by molar-refractivity contribution is 7.99. The zero-order valence-corrected chi connectivity index (χ0v) is 13.5. The van der Waals surface area contributed by atoms with Crippen LogP contribution in [-0.2, 0) is 0 Å². The highest BCUT2D eigenvalue weighted by Crippen LogP contribution is 2.39. The molecule has 0 saturated carbocycles. The van der Waals surface area contributed by atoms with Gasteiger partial charge < -0.3 is 19.1 Å². The molecule has 122 valence electrons. The minimum absolute atomic E-state index is 0.122. The van der Waals surface area contributed by atoms with Crippen molar-refractivity contribution < 1.29 is 23.9 Å². The largest absolute Gasteiger partial charge is 0.493 e. The van der Waals surface area contributed by atoms with E-state index >= 15 is 0 Å². The molecule has 0 amide bonds. The third-order valence-corrected chi connectivity index (χ3v) is 4.70. The number of nitrogens with zero attached hydrogens (tertiary/aromatic N) is 1. The van der Waals surface area contributed by atoms with Crippen molar-refractivity contribution in [1.82, 2.24) is 5.16 Å². The van der Waals surface area contributed by atoms with Crippen molar-refractivity contribution in [1.29, 1.82) is 0 Å². The molecule has 2 aromatic rings. The number of hydrogen-bond acceptors (Lipinski definition) is 6. The molecule has 6 nitrogen and oxygen atoms in total. The first-order chi connectivity index (χ1) is 11.2. The second kappa shape index (κ2) is 6.95. The average molecular weight is 335 g/mol. The van der Waals surface area contributed by atoms with Crippen molar-refractivity contribution >= 4 is 17.7 Å². The fourth-order valence-corrected chi connectivity index (χ4v) is 3.53. The van der Waals surface area contributed by atoms with Crippen LogP contribution in [-0.4, -0.2) is 41.0 Å². The van der Waals surface area contributed by atoms with Crippen LogP contribution in [0.3, 0.4) is 0 Å². The fraction of sp³-hybridized carbons (Fsp3) is 0.375. The summed E-state index contributed by atoms with van der Waals surface area (Å²) in [6.07, 6.45) is 2.07. The lowest BCUT2D eigenvalue weighted by atomic mass is 10.1. The van der Waals surface area contributed by atoms with Crippen LogP contribution in [0, 0.1) is 0 Å². The minimum atomic E-state index is -1.15. The van der Waals surface area contributed by atoms with Gasteiger partial charge in [0, 0.05) is 11.6 Å². The lowest BCUT2D eigenvalue weighted by Gasteiger charge is -2.24. The first-order valence-electron chi connectivity index (χ1n) is 7.31. The van der Waals surface area contributed by atoms with Gasteiger partial charge in [0.2, 0.25) is 5.76 Å². The Morgan fingerprint density at radius 1 is 1.39 bits per heavy atom. The van der Waals surface area contributed by atoms with Gasteiger partial charge in [0.25, 0.3) is 0 Å². The van der Waals surface area contributed by atoms with Gasteiger partial charge in [-0.2, -0.15) is 11.8 Å². The van der Waals surface area contributed by atoms with E-state index in [0.717, 1.165) is 24.3 Å². The van der Waals surface area contributed by atoms with Crippen molar-refractivity contribution in [2.24, 2.45) is 0 Å². The number of carbonyl (C=O) groups is 1. The van der Waals surface area contributed by atoms with Crippen molar-refractivity contribution in [2.45, 2.75) is 18.9 Å². The molecule has 1 saturated heterocycles. The summed E-state index contributed by atoms with van der Waals surface area (Å²) in [7, 11) is 1.58. The lowest BCUT2D eigenvalue weighted by molar-refractivity contribution is 0.0652. The van der Waals surface area contributed by atoms with E-state index in [1.54, 1.807) is 7.11 Å². The number of aromatic carboxylic acids is 1. The predicted octanol–water partition coefficient (Wildman–Crippen LogP) is 3.32. The first-order valence-corrected chi connectivity index (χ1v) is 8.46.